The molecule has 1 saturated heterocycles. The zero-order chi connectivity index (χ0) is 27.0. The highest BCUT2D eigenvalue weighted by molar-refractivity contribution is 7.22. The van der Waals surface area contributed by atoms with Crippen molar-refractivity contribution in [3.05, 3.63) is 101 Å². The monoisotopic (exact) mass is 526 g/mol. The number of carbonyl (C=O) groups excluding carboxylic acids is 2. The first-order valence-electron chi connectivity index (χ1n) is 12.0. The van der Waals surface area contributed by atoms with Crippen molar-refractivity contribution >= 4 is 44.1 Å². The molecule has 1 aliphatic rings. The molecular weight excluding hydrogens is 500 g/mol. The molecule has 8 heteroatoms. The highest BCUT2D eigenvalue weighted by Crippen LogP contribution is 2.45. The number of nitrogens with zero attached hydrogens (tertiary/aromatic N) is 2. The van der Waals surface area contributed by atoms with Gasteiger partial charge in [0.2, 0.25) is 0 Å². The third kappa shape index (κ3) is 4.43. The SMILES string of the molecule is C=CCOc1cccc([C@@H]2/C(=C(\O)c3ccc(OC)c(C)c3)C(=O)C(=O)N2c2nc3ccc(C)cc3s2)c1. The minimum atomic E-state index is -0.911. The van der Waals surface area contributed by atoms with E-state index in [1.54, 1.807) is 55.7 Å². The molecule has 5 rings (SSSR count). The van der Waals surface area contributed by atoms with Crippen LogP contribution in [-0.4, -0.2) is 35.5 Å². The van der Waals surface area contributed by atoms with Crippen LogP contribution in [0.15, 0.2) is 78.9 Å². The Hall–Kier alpha value is -4.43. The lowest BCUT2D eigenvalue weighted by atomic mass is 9.94. The highest BCUT2D eigenvalue weighted by atomic mass is 32.1. The maximum absolute atomic E-state index is 13.5. The van der Waals surface area contributed by atoms with Gasteiger partial charge in [-0.15, -0.1) is 0 Å². The number of amides is 1. The summed E-state index contributed by atoms with van der Waals surface area (Å²) < 4.78 is 12.0. The topological polar surface area (TPSA) is 89.0 Å². The lowest BCUT2D eigenvalue weighted by Crippen LogP contribution is -2.29. The van der Waals surface area contributed by atoms with Crippen LogP contribution in [0.2, 0.25) is 0 Å². The fourth-order valence-corrected chi connectivity index (χ4v) is 5.67. The number of methoxy groups -OCH3 is 1. The second kappa shape index (κ2) is 10.1. The fraction of sp³-hybridized carbons (Fsp3) is 0.167. The van der Waals surface area contributed by atoms with Gasteiger partial charge in [-0.3, -0.25) is 14.5 Å². The third-order valence-corrected chi connectivity index (χ3v) is 7.41. The molecule has 192 valence electrons. The molecule has 0 spiro atoms. The van der Waals surface area contributed by atoms with Gasteiger partial charge in [0.05, 0.1) is 28.9 Å². The van der Waals surface area contributed by atoms with Gasteiger partial charge in [-0.25, -0.2) is 4.98 Å². The zero-order valence-electron chi connectivity index (χ0n) is 21.2. The van der Waals surface area contributed by atoms with Crippen molar-refractivity contribution in [2.24, 2.45) is 0 Å². The second-order valence-corrected chi connectivity index (χ2v) is 10.0. The molecular formula is C30H26N2O5S. The predicted molar refractivity (Wildman–Crippen MR) is 149 cm³/mol. The molecule has 1 aromatic heterocycles. The summed E-state index contributed by atoms with van der Waals surface area (Å²) in [4.78, 5) is 33.1. The first-order chi connectivity index (χ1) is 18.3. The molecule has 1 atom stereocenters. The number of fused-ring (bicyclic) bond motifs is 1. The van der Waals surface area contributed by atoms with E-state index in [4.69, 9.17) is 9.47 Å². The summed E-state index contributed by atoms with van der Waals surface area (Å²) >= 11 is 1.32. The van der Waals surface area contributed by atoms with Crippen molar-refractivity contribution < 1.29 is 24.2 Å². The number of hydrogen-bond acceptors (Lipinski definition) is 7. The van der Waals surface area contributed by atoms with Crippen LogP contribution in [0.3, 0.4) is 0 Å². The van der Waals surface area contributed by atoms with E-state index >= 15 is 0 Å². The molecule has 1 amide bonds. The van der Waals surface area contributed by atoms with E-state index in [0.717, 1.165) is 21.3 Å². The number of aliphatic hydroxyl groups is 1. The minimum Gasteiger partial charge on any atom is -0.507 e. The van der Waals surface area contributed by atoms with Crippen molar-refractivity contribution in [3.8, 4) is 11.5 Å². The molecule has 0 aliphatic carbocycles. The smallest absolute Gasteiger partial charge is 0.301 e. The molecule has 1 fully saturated rings. The van der Waals surface area contributed by atoms with Crippen LogP contribution in [0.4, 0.5) is 5.13 Å². The van der Waals surface area contributed by atoms with Crippen molar-refractivity contribution in [2.75, 3.05) is 18.6 Å². The summed E-state index contributed by atoms with van der Waals surface area (Å²) in [5.41, 5.74) is 3.57. The zero-order valence-corrected chi connectivity index (χ0v) is 22.0. The summed E-state index contributed by atoms with van der Waals surface area (Å²) in [6, 6.07) is 17.2. The lowest BCUT2D eigenvalue weighted by molar-refractivity contribution is -0.132. The normalized spacial score (nSPS) is 16.7. The number of thiazole rings is 1. The summed E-state index contributed by atoms with van der Waals surface area (Å²) in [5.74, 6) is -0.608. The number of aryl methyl sites for hydroxylation is 2. The molecule has 38 heavy (non-hydrogen) atoms. The molecule has 1 aliphatic heterocycles. The largest absolute Gasteiger partial charge is 0.507 e. The molecule has 0 unspecified atom stereocenters. The number of Topliss-reactive ketones (excluding diaryl/α,β-unsaturated/α-hetero) is 1. The van der Waals surface area contributed by atoms with E-state index in [1.165, 1.54) is 16.2 Å². The van der Waals surface area contributed by atoms with Crippen LogP contribution >= 0.6 is 11.3 Å². The second-order valence-electron chi connectivity index (χ2n) is 8.99. The standard InChI is InChI=1S/C30H26N2O5S/c1-5-13-37-21-8-6-7-19(16-21)26-25(27(33)20-10-12-23(36-4)18(3)15-20)28(34)29(35)32(26)30-31-22-11-9-17(2)14-24(22)38-30/h5-12,14-16,26,33H,1,13H2,2-4H3/b27-25+/t26-/m1/s1. The average molecular weight is 527 g/mol. The molecule has 0 bridgehead atoms. The van der Waals surface area contributed by atoms with Gasteiger partial charge in [0.15, 0.2) is 5.13 Å². The van der Waals surface area contributed by atoms with Crippen LogP contribution in [0.1, 0.15) is 28.3 Å². The Balaban J connectivity index is 1.71. The van der Waals surface area contributed by atoms with Crippen LogP contribution < -0.4 is 14.4 Å². The molecule has 3 aromatic carbocycles. The maximum atomic E-state index is 13.5. The van der Waals surface area contributed by atoms with Crippen LogP contribution in [-0.2, 0) is 9.59 Å². The van der Waals surface area contributed by atoms with E-state index in [0.29, 0.717) is 34.4 Å². The van der Waals surface area contributed by atoms with Gasteiger partial charge in [0.1, 0.15) is 23.9 Å². The summed E-state index contributed by atoms with van der Waals surface area (Å²) in [6.07, 6.45) is 1.63. The number of benzene rings is 3. The summed E-state index contributed by atoms with van der Waals surface area (Å²) in [7, 11) is 1.56. The van der Waals surface area contributed by atoms with E-state index in [-0.39, 0.29) is 11.3 Å². The highest BCUT2D eigenvalue weighted by Gasteiger charge is 2.48. The number of aliphatic hydroxyl groups excluding tert-OH is 1. The lowest BCUT2D eigenvalue weighted by Gasteiger charge is -2.23. The Labute approximate surface area is 224 Å². The number of rotatable bonds is 7. The molecule has 1 N–H and O–H groups in total. The summed E-state index contributed by atoms with van der Waals surface area (Å²) in [5, 5.41) is 11.8. The average Bonchev–Trinajstić information content (AvgIpc) is 3.44. The molecule has 4 aromatic rings. The van der Waals surface area contributed by atoms with E-state index in [1.807, 2.05) is 32.0 Å². The van der Waals surface area contributed by atoms with E-state index < -0.39 is 17.7 Å². The van der Waals surface area contributed by atoms with Gasteiger partial charge < -0.3 is 14.6 Å². The molecule has 7 nitrogen and oxygen atoms in total. The van der Waals surface area contributed by atoms with Crippen LogP contribution in [0.25, 0.3) is 16.0 Å². The quantitative estimate of drug-likeness (QED) is 0.135. The number of hydrogen-bond donors (Lipinski definition) is 1. The van der Waals surface area contributed by atoms with Crippen molar-refractivity contribution in [3.63, 3.8) is 0 Å². The Morgan fingerprint density at radius 2 is 1.95 bits per heavy atom. The van der Waals surface area contributed by atoms with E-state index in [2.05, 4.69) is 11.6 Å². The first kappa shape index (κ1) is 25.2. The maximum Gasteiger partial charge on any atom is 0.301 e. The molecule has 0 radical (unpaired) electrons. The molecule has 0 saturated carbocycles. The number of aromatic nitrogens is 1. The van der Waals surface area contributed by atoms with Gasteiger partial charge in [-0.2, -0.15) is 0 Å². The van der Waals surface area contributed by atoms with Gasteiger partial charge in [-0.05, 0) is 73.0 Å². The van der Waals surface area contributed by atoms with Crippen LogP contribution in [0, 0.1) is 13.8 Å². The molecule has 2 heterocycles. The van der Waals surface area contributed by atoms with Crippen molar-refractivity contribution in [2.45, 2.75) is 19.9 Å². The Morgan fingerprint density at radius 1 is 1.13 bits per heavy atom. The van der Waals surface area contributed by atoms with Crippen molar-refractivity contribution in [1.29, 1.82) is 0 Å². The number of ketones is 1. The Kier molecular flexibility index (Phi) is 6.73. The number of ether oxygens (including phenoxy) is 2. The minimum absolute atomic E-state index is 0.0177. The van der Waals surface area contributed by atoms with Gasteiger partial charge >= 0.3 is 5.91 Å². The third-order valence-electron chi connectivity index (χ3n) is 6.39. The van der Waals surface area contributed by atoms with Gasteiger partial charge in [0, 0.05) is 5.56 Å². The Morgan fingerprint density at radius 3 is 2.68 bits per heavy atom. The predicted octanol–water partition coefficient (Wildman–Crippen LogP) is 6.11. The summed E-state index contributed by atoms with van der Waals surface area (Å²) in [6.45, 7) is 7.81. The van der Waals surface area contributed by atoms with Gasteiger partial charge in [0.25, 0.3) is 5.78 Å². The number of carbonyl (C=O) groups is 2. The van der Waals surface area contributed by atoms with E-state index in [9.17, 15) is 14.7 Å². The number of anilines is 1. The first-order valence-corrected chi connectivity index (χ1v) is 12.8. The fourth-order valence-electron chi connectivity index (χ4n) is 4.58. The van der Waals surface area contributed by atoms with Crippen molar-refractivity contribution in [1.82, 2.24) is 4.98 Å². The van der Waals surface area contributed by atoms with Crippen LogP contribution in [0.5, 0.6) is 11.5 Å². The Bertz CT molecular complexity index is 1620. The van der Waals surface area contributed by atoms with Gasteiger partial charge in [-0.1, -0.05) is 42.2 Å².